The minimum Gasteiger partial charge on any atom is -0.482 e. The first kappa shape index (κ1) is 18.9. The first-order chi connectivity index (χ1) is 11.3. The van der Waals surface area contributed by atoms with Crippen LogP contribution in [0, 0.1) is 6.92 Å². The monoisotopic (exact) mass is 476 g/mol. The first-order valence-corrected chi connectivity index (χ1v) is 9.80. The van der Waals surface area contributed by atoms with Crippen LogP contribution in [-0.4, -0.2) is 20.9 Å². The number of amides is 1. The highest BCUT2D eigenvalue weighted by molar-refractivity contribution is 9.11. The number of hydrogen-bond donors (Lipinski definition) is 2. The van der Waals surface area contributed by atoms with E-state index in [1.54, 1.807) is 24.3 Å². The van der Waals surface area contributed by atoms with Crippen molar-refractivity contribution in [2.45, 2.75) is 11.8 Å². The number of hydrogen-bond acceptors (Lipinski definition) is 4. The van der Waals surface area contributed by atoms with E-state index in [1.165, 1.54) is 12.1 Å². The minimum atomic E-state index is -3.81. The molecule has 2 N–H and O–H groups in total. The van der Waals surface area contributed by atoms with E-state index in [4.69, 9.17) is 4.74 Å². The third-order valence-corrected chi connectivity index (χ3v) is 5.23. The van der Waals surface area contributed by atoms with Gasteiger partial charge in [0, 0.05) is 4.47 Å². The summed E-state index contributed by atoms with van der Waals surface area (Å²) >= 11 is 6.71. The van der Waals surface area contributed by atoms with Crippen LogP contribution < -0.4 is 15.0 Å². The molecule has 9 heteroatoms. The Bertz CT molecular complexity index is 819. The maximum absolute atomic E-state index is 12.0. The lowest BCUT2D eigenvalue weighted by Crippen LogP contribution is -2.43. The lowest BCUT2D eigenvalue weighted by Gasteiger charge is -2.12. The molecule has 0 aliphatic rings. The average molecular weight is 478 g/mol. The van der Waals surface area contributed by atoms with Gasteiger partial charge in [-0.25, -0.2) is 8.42 Å². The second-order valence-corrected chi connectivity index (χ2v) is 8.24. The number of halogens is 2. The maximum atomic E-state index is 12.0. The van der Waals surface area contributed by atoms with Crippen molar-refractivity contribution in [1.29, 1.82) is 0 Å². The van der Waals surface area contributed by atoms with Crippen LogP contribution in [0.15, 0.2) is 56.3 Å². The zero-order valence-electron chi connectivity index (χ0n) is 12.5. The lowest BCUT2D eigenvalue weighted by molar-refractivity contribution is -0.123. The van der Waals surface area contributed by atoms with Crippen LogP contribution in [0.1, 0.15) is 5.56 Å². The molecule has 128 valence electrons. The second-order valence-electron chi connectivity index (χ2n) is 4.79. The summed E-state index contributed by atoms with van der Waals surface area (Å²) in [5.74, 6) is -0.108. The molecule has 0 aliphatic heterocycles. The first-order valence-electron chi connectivity index (χ1n) is 6.74. The van der Waals surface area contributed by atoms with Gasteiger partial charge >= 0.3 is 0 Å². The largest absolute Gasteiger partial charge is 0.482 e. The summed E-state index contributed by atoms with van der Waals surface area (Å²) in [6, 6.07) is 11.4. The summed E-state index contributed by atoms with van der Waals surface area (Å²) in [5, 5.41) is 0. The van der Waals surface area contributed by atoms with Gasteiger partial charge in [-0.3, -0.25) is 10.2 Å². The van der Waals surface area contributed by atoms with Crippen LogP contribution in [0.3, 0.4) is 0 Å². The van der Waals surface area contributed by atoms with E-state index < -0.39 is 15.9 Å². The molecule has 24 heavy (non-hydrogen) atoms. The highest BCUT2D eigenvalue weighted by atomic mass is 79.9. The van der Waals surface area contributed by atoms with E-state index in [2.05, 4.69) is 37.3 Å². The summed E-state index contributed by atoms with van der Waals surface area (Å²) in [6.07, 6.45) is 0. The topological polar surface area (TPSA) is 84.5 Å². The third-order valence-electron chi connectivity index (χ3n) is 2.92. The van der Waals surface area contributed by atoms with Crippen LogP contribution in [0.25, 0.3) is 0 Å². The number of rotatable bonds is 6. The standard InChI is InChI=1S/C15H14Br2N2O4S/c1-10-7-11(16)8-13(17)15(10)23-9-14(20)18-19-24(21,22)12-5-3-2-4-6-12/h2-8,19H,9H2,1H3,(H,18,20). The molecule has 0 radical (unpaired) electrons. The molecular formula is C15H14Br2N2O4S. The van der Waals surface area contributed by atoms with Crippen LogP contribution in [-0.2, 0) is 14.8 Å². The number of hydrazine groups is 1. The van der Waals surface area contributed by atoms with Gasteiger partial charge in [0.15, 0.2) is 6.61 Å². The quantitative estimate of drug-likeness (QED) is 0.626. The lowest BCUT2D eigenvalue weighted by atomic mass is 10.2. The molecule has 0 saturated heterocycles. The molecule has 0 spiro atoms. The molecule has 0 fully saturated rings. The number of benzene rings is 2. The van der Waals surface area contributed by atoms with E-state index in [0.29, 0.717) is 10.2 Å². The van der Waals surface area contributed by atoms with Crippen molar-refractivity contribution in [2.24, 2.45) is 0 Å². The Morgan fingerprint density at radius 3 is 2.46 bits per heavy atom. The second kappa shape index (κ2) is 8.11. The summed E-state index contributed by atoms with van der Waals surface area (Å²) in [4.78, 5) is 13.9. The molecule has 1 amide bonds. The van der Waals surface area contributed by atoms with E-state index in [-0.39, 0.29) is 11.5 Å². The van der Waals surface area contributed by atoms with Crippen LogP contribution in [0.4, 0.5) is 0 Å². The molecule has 0 heterocycles. The molecule has 0 aliphatic carbocycles. The van der Waals surface area contributed by atoms with Crippen molar-refractivity contribution in [3.63, 3.8) is 0 Å². The van der Waals surface area contributed by atoms with Gasteiger partial charge in [0.05, 0.1) is 9.37 Å². The Morgan fingerprint density at radius 1 is 1.17 bits per heavy atom. The molecule has 0 atom stereocenters. The van der Waals surface area contributed by atoms with Crippen LogP contribution in [0.2, 0.25) is 0 Å². The molecule has 0 unspecified atom stereocenters. The van der Waals surface area contributed by atoms with Gasteiger partial charge in [-0.1, -0.05) is 34.1 Å². The summed E-state index contributed by atoms with van der Waals surface area (Å²) in [5.41, 5.74) is 2.94. The highest BCUT2D eigenvalue weighted by Crippen LogP contribution is 2.32. The summed E-state index contributed by atoms with van der Waals surface area (Å²) < 4.78 is 31.0. The van der Waals surface area contributed by atoms with Crippen molar-refractivity contribution in [3.8, 4) is 5.75 Å². The Hall–Kier alpha value is -1.42. The summed E-state index contributed by atoms with van der Waals surface area (Å²) in [6.45, 7) is 1.50. The van der Waals surface area contributed by atoms with Crippen molar-refractivity contribution in [1.82, 2.24) is 10.3 Å². The SMILES string of the molecule is Cc1cc(Br)cc(Br)c1OCC(=O)NNS(=O)(=O)c1ccccc1. The van der Waals surface area contributed by atoms with Gasteiger partial charge in [0.2, 0.25) is 0 Å². The van der Waals surface area contributed by atoms with Gasteiger partial charge in [-0.2, -0.15) is 0 Å². The molecule has 6 nitrogen and oxygen atoms in total. The van der Waals surface area contributed by atoms with Gasteiger partial charge in [0.25, 0.3) is 15.9 Å². The maximum Gasteiger partial charge on any atom is 0.272 e. The molecule has 0 saturated carbocycles. The number of aryl methyl sites for hydroxylation is 1. The molecule has 2 rings (SSSR count). The number of carbonyl (C=O) groups excluding carboxylic acids is 1. The van der Waals surface area contributed by atoms with Crippen molar-refractivity contribution < 1.29 is 17.9 Å². The molecule has 2 aromatic rings. The predicted octanol–water partition coefficient (Wildman–Crippen LogP) is 2.91. The molecular weight excluding hydrogens is 464 g/mol. The third kappa shape index (κ3) is 5.04. The van der Waals surface area contributed by atoms with Crippen molar-refractivity contribution in [3.05, 3.63) is 57.0 Å². The van der Waals surface area contributed by atoms with E-state index >= 15 is 0 Å². The number of nitrogens with one attached hydrogen (secondary N) is 2. The fourth-order valence-electron chi connectivity index (χ4n) is 1.83. The predicted molar refractivity (Wildman–Crippen MR) is 97.0 cm³/mol. The Kier molecular flexibility index (Phi) is 6.39. The zero-order chi connectivity index (χ0) is 17.7. The molecule has 0 bridgehead atoms. The van der Waals surface area contributed by atoms with Crippen molar-refractivity contribution in [2.75, 3.05) is 6.61 Å². The fourth-order valence-corrected chi connectivity index (χ4v) is 4.26. The Morgan fingerprint density at radius 2 is 1.83 bits per heavy atom. The molecule has 0 aromatic heterocycles. The molecule has 2 aromatic carbocycles. The van der Waals surface area contributed by atoms with Gasteiger partial charge in [-0.05, 0) is 52.7 Å². The summed E-state index contributed by atoms with van der Waals surface area (Å²) in [7, 11) is -3.81. The number of carbonyl (C=O) groups is 1. The van der Waals surface area contributed by atoms with Crippen LogP contribution in [0.5, 0.6) is 5.75 Å². The normalized spacial score (nSPS) is 11.1. The number of ether oxygens (including phenoxy) is 1. The smallest absolute Gasteiger partial charge is 0.272 e. The van der Waals surface area contributed by atoms with E-state index in [1.807, 2.05) is 17.8 Å². The van der Waals surface area contributed by atoms with Crippen LogP contribution >= 0.6 is 31.9 Å². The minimum absolute atomic E-state index is 0.0534. The van der Waals surface area contributed by atoms with Crippen molar-refractivity contribution >= 4 is 47.8 Å². The number of sulfonamides is 1. The van der Waals surface area contributed by atoms with Gasteiger partial charge in [-0.15, -0.1) is 4.83 Å². The van der Waals surface area contributed by atoms with Gasteiger partial charge < -0.3 is 4.74 Å². The Labute approximate surface area is 156 Å². The average Bonchev–Trinajstić information content (AvgIpc) is 2.53. The Balaban J connectivity index is 1.93. The zero-order valence-corrected chi connectivity index (χ0v) is 16.5. The highest BCUT2D eigenvalue weighted by Gasteiger charge is 2.15. The van der Waals surface area contributed by atoms with E-state index in [0.717, 1.165) is 10.0 Å². The van der Waals surface area contributed by atoms with E-state index in [9.17, 15) is 13.2 Å². The fraction of sp³-hybridized carbons (Fsp3) is 0.133. The van der Waals surface area contributed by atoms with Gasteiger partial charge in [0.1, 0.15) is 5.75 Å².